The van der Waals surface area contributed by atoms with Crippen LogP contribution < -0.4 is 16.0 Å². The zero-order valence-electron chi connectivity index (χ0n) is 11.5. The smallest absolute Gasteiger partial charge is 0.239 e. The molecule has 0 spiro atoms. The van der Waals surface area contributed by atoms with E-state index in [1.54, 1.807) is 0 Å². The summed E-state index contributed by atoms with van der Waals surface area (Å²) >= 11 is 0. The molecule has 7 heteroatoms. The number of hydrogen-bond acceptors (Lipinski definition) is 5. The standard InChI is InChI=1S/C12H20FN5O/c1-4-14-12-17-6-9(13)11(18-12)16-7-10(19)15-5-8(2)3/h6,8H,4-5,7H2,1-3H3,(H,15,19)(H2,14,16,17,18). The van der Waals surface area contributed by atoms with Crippen molar-refractivity contribution in [2.24, 2.45) is 5.92 Å². The molecule has 0 atom stereocenters. The molecule has 0 fully saturated rings. The Hall–Kier alpha value is -1.92. The minimum atomic E-state index is -0.585. The Balaban J connectivity index is 2.52. The van der Waals surface area contributed by atoms with Crippen molar-refractivity contribution in [2.75, 3.05) is 30.3 Å². The lowest BCUT2D eigenvalue weighted by atomic mass is 10.2. The second-order valence-electron chi connectivity index (χ2n) is 4.47. The van der Waals surface area contributed by atoms with Crippen LogP contribution in [0, 0.1) is 11.7 Å². The molecule has 0 bridgehead atoms. The highest BCUT2D eigenvalue weighted by molar-refractivity contribution is 5.80. The van der Waals surface area contributed by atoms with Crippen LogP contribution >= 0.6 is 0 Å². The fraction of sp³-hybridized carbons (Fsp3) is 0.583. The maximum absolute atomic E-state index is 13.4. The monoisotopic (exact) mass is 269 g/mol. The summed E-state index contributed by atoms with van der Waals surface area (Å²) < 4.78 is 13.4. The number of halogens is 1. The fourth-order valence-corrected chi connectivity index (χ4v) is 1.28. The van der Waals surface area contributed by atoms with E-state index < -0.39 is 5.82 Å². The highest BCUT2D eigenvalue weighted by Gasteiger charge is 2.08. The van der Waals surface area contributed by atoms with E-state index in [9.17, 15) is 9.18 Å². The molecule has 0 saturated carbocycles. The summed E-state index contributed by atoms with van der Waals surface area (Å²) in [5.41, 5.74) is 0. The van der Waals surface area contributed by atoms with E-state index in [1.807, 2.05) is 20.8 Å². The molecule has 0 aliphatic heterocycles. The lowest BCUT2D eigenvalue weighted by Gasteiger charge is -2.10. The van der Waals surface area contributed by atoms with Crippen LogP contribution in [0.3, 0.4) is 0 Å². The van der Waals surface area contributed by atoms with Crippen molar-refractivity contribution < 1.29 is 9.18 Å². The van der Waals surface area contributed by atoms with Crippen LogP contribution in [0.5, 0.6) is 0 Å². The second kappa shape index (κ2) is 7.50. The number of nitrogens with one attached hydrogen (secondary N) is 3. The molecule has 0 saturated heterocycles. The third-order valence-corrected chi connectivity index (χ3v) is 2.20. The van der Waals surface area contributed by atoms with E-state index in [-0.39, 0.29) is 18.3 Å². The van der Waals surface area contributed by atoms with Crippen molar-refractivity contribution in [3.05, 3.63) is 12.0 Å². The first kappa shape index (κ1) is 15.1. The van der Waals surface area contributed by atoms with E-state index in [2.05, 4.69) is 25.9 Å². The highest BCUT2D eigenvalue weighted by atomic mass is 19.1. The molecule has 1 aromatic rings. The molecule has 0 radical (unpaired) electrons. The molecule has 1 aromatic heterocycles. The summed E-state index contributed by atoms with van der Waals surface area (Å²) in [7, 11) is 0. The Labute approximate surface area is 112 Å². The average molecular weight is 269 g/mol. The van der Waals surface area contributed by atoms with Gasteiger partial charge in [0.2, 0.25) is 11.9 Å². The first-order chi connectivity index (χ1) is 9.02. The van der Waals surface area contributed by atoms with E-state index in [0.29, 0.717) is 25.0 Å². The van der Waals surface area contributed by atoms with Gasteiger partial charge in [0.05, 0.1) is 12.7 Å². The van der Waals surface area contributed by atoms with Crippen LogP contribution in [-0.4, -0.2) is 35.5 Å². The van der Waals surface area contributed by atoms with Gasteiger partial charge in [-0.15, -0.1) is 0 Å². The Bertz CT molecular complexity index is 425. The van der Waals surface area contributed by atoms with E-state index in [1.165, 1.54) is 0 Å². The summed E-state index contributed by atoms with van der Waals surface area (Å²) in [5.74, 6) is -0.0604. The number of carbonyl (C=O) groups is 1. The number of anilines is 2. The molecular formula is C12H20FN5O. The number of amides is 1. The van der Waals surface area contributed by atoms with Crippen molar-refractivity contribution in [3.63, 3.8) is 0 Å². The van der Waals surface area contributed by atoms with Gasteiger partial charge >= 0.3 is 0 Å². The number of carbonyl (C=O) groups excluding carboxylic acids is 1. The first-order valence-electron chi connectivity index (χ1n) is 6.30. The van der Waals surface area contributed by atoms with Gasteiger partial charge in [-0.2, -0.15) is 4.98 Å². The Morgan fingerprint density at radius 2 is 2.16 bits per heavy atom. The van der Waals surface area contributed by atoms with Gasteiger partial charge in [-0.25, -0.2) is 9.37 Å². The molecular weight excluding hydrogens is 249 g/mol. The van der Waals surface area contributed by atoms with Crippen molar-refractivity contribution in [1.29, 1.82) is 0 Å². The van der Waals surface area contributed by atoms with Gasteiger partial charge in [-0.05, 0) is 12.8 Å². The largest absolute Gasteiger partial charge is 0.358 e. The summed E-state index contributed by atoms with van der Waals surface area (Å²) in [6, 6.07) is 0. The summed E-state index contributed by atoms with van der Waals surface area (Å²) in [5, 5.41) is 8.26. The van der Waals surface area contributed by atoms with Crippen LogP contribution in [0.15, 0.2) is 6.20 Å². The summed E-state index contributed by atoms with van der Waals surface area (Å²) in [4.78, 5) is 19.2. The molecule has 0 unspecified atom stereocenters. The van der Waals surface area contributed by atoms with E-state index in [0.717, 1.165) is 6.20 Å². The fourth-order valence-electron chi connectivity index (χ4n) is 1.28. The predicted octanol–water partition coefficient (Wildman–Crippen LogP) is 1.23. The van der Waals surface area contributed by atoms with Crippen molar-refractivity contribution in [2.45, 2.75) is 20.8 Å². The van der Waals surface area contributed by atoms with Gasteiger partial charge in [0.25, 0.3) is 0 Å². The number of rotatable bonds is 7. The molecule has 6 nitrogen and oxygen atoms in total. The predicted molar refractivity (Wildman–Crippen MR) is 72.5 cm³/mol. The molecule has 3 N–H and O–H groups in total. The summed E-state index contributed by atoms with van der Waals surface area (Å²) in [6.45, 7) is 7.10. The van der Waals surface area contributed by atoms with Crippen LogP contribution in [0.4, 0.5) is 16.2 Å². The van der Waals surface area contributed by atoms with Gasteiger partial charge in [0.15, 0.2) is 11.6 Å². The van der Waals surface area contributed by atoms with Gasteiger partial charge in [-0.1, -0.05) is 13.8 Å². The minimum Gasteiger partial charge on any atom is -0.358 e. The average Bonchev–Trinajstić information content (AvgIpc) is 2.37. The van der Waals surface area contributed by atoms with Crippen LogP contribution in [0.2, 0.25) is 0 Å². The van der Waals surface area contributed by atoms with E-state index >= 15 is 0 Å². The quantitative estimate of drug-likeness (QED) is 0.694. The first-order valence-corrected chi connectivity index (χ1v) is 6.30. The third kappa shape index (κ3) is 5.50. The van der Waals surface area contributed by atoms with Crippen LogP contribution in [-0.2, 0) is 4.79 Å². The van der Waals surface area contributed by atoms with Crippen molar-refractivity contribution in [3.8, 4) is 0 Å². The highest BCUT2D eigenvalue weighted by Crippen LogP contribution is 2.11. The van der Waals surface area contributed by atoms with Crippen LogP contribution in [0.1, 0.15) is 20.8 Å². The minimum absolute atomic E-state index is 0.0191. The maximum atomic E-state index is 13.4. The van der Waals surface area contributed by atoms with Crippen molar-refractivity contribution in [1.82, 2.24) is 15.3 Å². The normalized spacial score (nSPS) is 10.4. The molecule has 0 aliphatic carbocycles. The van der Waals surface area contributed by atoms with Gasteiger partial charge in [0, 0.05) is 13.1 Å². The van der Waals surface area contributed by atoms with Gasteiger partial charge in [-0.3, -0.25) is 4.79 Å². The Morgan fingerprint density at radius 1 is 1.42 bits per heavy atom. The maximum Gasteiger partial charge on any atom is 0.239 e. The lowest BCUT2D eigenvalue weighted by Crippen LogP contribution is -2.32. The number of nitrogens with zero attached hydrogens (tertiary/aromatic N) is 2. The third-order valence-electron chi connectivity index (χ3n) is 2.20. The second-order valence-corrected chi connectivity index (χ2v) is 4.47. The molecule has 19 heavy (non-hydrogen) atoms. The van der Waals surface area contributed by atoms with Gasteiger partial charge < -0.3 is 16.0 Å². The van der Waals surface area contributed by atoms with Crippen molar-refractivity contribution >= 4 is 17.7 Å². The summed E-state index contributed by atoms with van der Waals surface area (Å²) in [6.07, 6.45) is 1.07. The Morgan fingerprint density at radius 3 is 2.79 bits per heavy atom. The van der Waals surface area contributed by atoms with Crippen LogP contribution in [0.25, 0.3) is 0 Å². The number of hydrogen-bond donors (Lipinski definition) is 3. The molecule has 0 aliphatic rings. The number of aromatic nitrogens is 2. The zero-order chi connectivity index (χ0) is 14.3. The molecule has 0 aromatic carbocycles. The lowest BCUT2D eigenvalue weighted by molar-refractivity contribution is -0.119. The molecule has 1 amide bonds. The zero-order valence-corrected chi connectivity index (χ0v) is 11.5. The molecule has 106 valence electrons. The van der Waals surface area contributed by atoms with Gasteiger partial charge in [0.1, 0.15) is 0 Å². The Kier molecular flexibility index (Phi) is 5.98. The topological polar surface area (TPSA) is 78.9 Å². The molecule has 1 rings (SSSR count). The molecule has 1 heterocycles. The SMILES string of the molecule is CCNc1ncc(F)c(NCC(=O)NCC(C)C)n1. The van der Waals surface area contributed by atoms with E-state index in [4.69, 9.17) is 0 Å².